The Morgan fingerprint density at radius 3 is 2.67 bits per heavy atom. The highest BCUT2D eigenvalue weighted by Crippen LogP contribution is 2.14. The third kappa shape index (κ3) is 4.43. The number of amides is 1. The summed E-state index contributed by atoms with van der Waals surface area (Å²) >= 11 is 0. The van der Waals surface area contributed by atoms with E-state index < -0.39 is 0 Å². The number of hydrogen-bond donors (Lipinski definition) is 1. The standard InChI is InChI=1S/C9H7NO.C7H13NO2/c11-9-6-5-7-3-1-2-4-8(7)10-9;1-2-7(9)8-3-5-10-6-4-8/h1-6H,(H,10,11);2-6H2,1H3. The third-order valence-electron chi connectivity index (χ3n) is 3.25. The quantitative estimate of drug-likeness (QED) is 0.873. The van der Waals surface area contributed by atoms with Crippen LogP contribution in [0.25, 0.3) is 10.9 Å². The van der Waals surface area contributed by atoms with Crippen LogP contribution in [0.2, 0.25) is 0 Å². The van der Waals surface area contributed by atoms with Crippen LogP contribution in [-0.2, 0) is 9.53 Å². The molecule has 1 aromatic carbocycles. The van der Waals surface area contributed by atoms with Gasteiger partial charge in [0.05, 0.1) is 18.7 Å². The van der Waals surface area contributed by atoms with E-state index in [1.165, 1.54) is 0 Å². The fourth-order valence-electron chi connectivity index (χ4n) is 2.09. The van der Waals surface area contributed by atoms with E-state index in [9.17, 15) is 4.79 Å². The van der Waals surface area contributed by atoms with E-state index in [1.54, 1.807) is 6.07 Å². The molecule has 2 heterocycles. The van der Waals surface area contributed by atoms with Gasteiger partial charge in [-0.3, -0.25) is 4.79 Å². The van der Waals surface area contributed by atoms with Crippen molar-refractivity contribution in [2.75, 3.05) is 26.3 Å². The van der Waals surface area contributed by atoms with E-state index in [-0.39, 0.29) is 11.8 Å². The number of ether oxygens (including phenoxy) is 1. The molecule has 112 valence electrons. The van der Waals surface area contributed by atoms with Gasteiger partial charge in [0.1, 0.15) is 0 Å². The Morgan fingerprint density at radius 2 is 1.95 bits per heavy atom. The van der Waals surface area contributed by atoms with Crippen molar-refractivity contribution in [3.8, 4) is 5.88 Å². The molecule has 3 rings (SSSR count). The molecule has 5 nitrogen and oxygen atoms in total. The molecule has 0 unspecified atom stereocenters. The van der Waals surface area contributed by atoms with Gasteiger partial charge in [-0.25, -0.2) is 4.98 Å². The van der Waals surface area contributed by atoms with Crippen LogP contribution in [-0.4, -0.2) is 47.2 Å². The van der Waals surface area contributed by atoms with Crippen LogP contribution in [0.15, 0.2) is 36.4 Å². The molecule has 2 aromatic rings. The van der Waals surface area contributed by atoms with E-state index in [0.717, 1.165) is 24.0 Å². The minimum atomic E-state index is 0.0729. The van der Waals surface area contributed by atoms with Gasteiger partial charge in [-0.15, -0.1) is 0 Å². The molecule has 5 heteroatoms. The lowest BCUT2D eigenvalue weighted by atomic mass is 10.2. The summed E-state index contributed by atoms with van der Waals surface area (Å²) in [6.45, 7) is 4.83. The predicted octanol–water partition coefficient (Wildman–Crippen LogP) is 2.20. The number of morpholine rings is 1. The van der Waals surface area contributed by atoms with Crippen LogP contribution in [0.4, 0.5) is 0 Å². The van der Waals surface area contributed by atoms with Crippen molar-refractivity contribution in [2.45, 2.75) is 13.3 Å². The summed E-state index contributed by atoms with van der Waals surface area (Å²) in [4.78, 5) is 16.8. The van der Waals surface area contributed by atoms with Gasteiger partial charge in [0.15, 0.2) is 0 Å². The molecule has 0 atom stereocenters. The second kappa shape index (κ2) is 7.59. The highest BCUT2D eigenvalue weighted by molar-refractivity contribution is 5.78. The molecule has 1 N–H and O–H groups in total. The summed E-state index contributed by atoms with van der Waals surface area (Å²) < 4.78 is 5.10. The molecule has 1 fully saturated rings. The zero-order valence-corrected chi connectivity index (χ0v) is 12.2. The minimum absolute atomic E-state index is 0.0729. The van der Waals surface area contributed by atoms with Gasteiger partial charge in [0.2, 0.25) is 11.8 Å². The van der Waals surface area contributed by atoms with Crippen LogP contribution in [0.1, 0.15) is 13.3 Å². The van der Waals surface area contributed by atoms with Gasteiger partial charge in [-0.2, -0.15) is 0 Å². The average molecular weight is 288 g/mol. The lowest BCUT2D eigenvalue weighted by Crippen LogP contribution is -2.40. The summed E-state index contributed by atoms with van der Waals surface area (Å²) in [6, 6.07) is 11.1. The molecule has 0 bridgehead atoms. The monoisotopic (exact) mass is 288 g/mol. The summed E-state index contributed by atoms with van der Waals surface area (Å²) in [5, 5.41) is 10.1. The number of rotatable bonds is 1. The Morgan fingerprint density at radius 1 is 1.24 bits per heavy atom. The lowest BCUT2D eigenvalue weighted by Gasteiger charge is -2.26. The first-order chi connectivity index (χ1) is 10.2. The number of nitrogens with zero attached hydrogens (tertiary/aromatic N) is 2. The molecular formula is C16H20N2O3. The molecular weight excluding hydrogens is 268 g/mol. The van der Waals surface area contributed by atoms with E-state index in [1.807, 2.05) is 42.2 Å². The zero-order valence-electron chi connectivity index (χ0n) is 12.2. The number of carbonyl (C=O) groups excluding carboxylic acids is 1. The predicted molar refractivity (Wildman–Crippen MR) is 81.1 cm³/mol. The lowest BCUT2D eigenvalue weighted by molar-refractivity contribution is -0.134. The number of para-hydroxylation sites is 1. The largest absolute Gasteiger partial charge is 0.493 e. The van der Waals surface area contributed by atoms with Crippen molar-refractivity contribution < 1.29 is 14.6 Å². The Kier molecular flexibility index (Phi) is 5.51. The summed E-state index contributed by atoms with van der Waals surface area (Å²) in [5.41, 5.74) is 0.826. The number of aromatic nitrogens is 1. The van der Waals surface area contributed by atoms with E-state index in [2.05, 4.69) is 4.98 Å². The number of benzene rings is 1. The Bertz CT molecular complexity index is 595. The molecule has 1 saturated heterocycles. The van der Waals surface area contributed by atoms with Crippen LogP contribution in [0.5, 0.6) is 5.88 Å². The normalized spacial score (nSPS) is 14.4. The average Bonchev–Trinajstić information content (AvgIpc) is 2.55. The summed E-state index contributed by atoms with van der Waals surface area (Å²) in [5.74, 6) is 0.312. The van der Waals surface area contributed by atoms with Crippen molar-refractivity contribution in [1.82, 2.24) is 9.88 Å². The number of pyridine rings is 1. The van der Waals surface area contributed by atoms with Crippen molar-refractivity contribution in [2.24, 2.45) is 0 Å². The van der Waals surface area contributed by atoms with Crippen molar-refractivity contribution in [3.05, 3.63) is 36.4 Å². The first-order valence-corrected chi connectivity index (χ1v) is 7.11. The number of carbonyl (C=O) groups is 1. The maximum atomic E-state index is 11.0. The maximum absolute atomic E-state index is 11.0. The minimum Gasteiger partial charge on any atom is -0.493 e. The molecule has 1 amide bonds. The first kappa shape index (κ1) is 15.3. The molecule has 0 aliphatic carbocycles. The first-order valence-electron chi connectivity index (χ1n) is 7.11. The molecule has 0 radical (unpaired) electrons. The molecule has 21 heavy (non-hydrogen) atoms. The topological polar surface area (TPSA) is 62.7 Å². The second-order valence-electron chi connectivity index (χ2n) is 4.71. The number of aromatic hydroxyl groups is 1. The maximum Gasteiger partial charge on any atom is 0.222 e. The van der Waals surface area contributed by atoms with Crippen LogP contribution < -0.4 is 0 Å². The smallest absolute Gasteiger partial charge is 0.222 e. The Balaban J connectivity index is 0.000000155. The summed E-state index contributed by atoms with van der Waals surface area (Å²) in [7, 11) is 0. The Labute approximate surface area is 124 Å². The molecule has 0 spiro atoms. The molecule has 0 saturated carbocycles. The van der Waals surface area contributed by atoms with Crippen molar-refractivity contribution >= 4 is 16.8 Å². The fraction of sp³-hybridized carbons (Fsp3) is 0.375. The van der Waals surface area contributed by atoms with E-state index >= 15 is 0 Å². The van der Waals surface area contributed by atoms with Gasteiger partial charge < -0.3 is 14.7 Å². The highest BCUT2D eigenvalue weighted by Gasteiger charge is 2.13. The van der Waals surface area contributed by atoms with E-state index in [4.69, 9.17) is 9.84 Å². The number of hydrogen-bond acceptors (Lipinski definition) is 4. The van der Waals surface area contributed by atoms with Crippen LogP contribution in [0, 0.1) is 0 Å². The SMILES string of the molecule is CCC(=O)N1CCOCC1.Oc1ccc2ccccc2n1. The molecule has 1 aliphatic heterocycles. The highest BCUT2D eigenvalue weighted by atomic mass is 16.5. The van der Waals surface area contributed by atoms with Gasteiger partial charge in [-0.05, 0) is 12.1 Å². The van der Waals surface area contributed by atoms with E-state index in [0.29, 0.717) is 19.6 Å². The van der Waals surface area contributed by atoms with Crippen molar-refractivity contribution in [3.63, 3.8) is 0 Å². The number of fused-ring (bicyclic) bond motifs is 1. The van der Waals surface area contributed by atoms with Gasteiger partial charge in [0.25, 0.3) is 0 Å². The molecule has 1 aliphatic rings. The van der Waals surface area contributed by atoms with Crippen molar-refractivity contribution in [1.29, 1.82) is 0 Å². The van der Waals surface area contributed by atoms with Crippen LogP contribution in [0.3, 0.4) is 0 Å². The van der Waals surface area contributed by atoms with Crippen LogP contribution >= 0.6 is 0 Å². The Hall–Kier alpha value is -2.14. The van der Waals surface area contributed by atoms with Gasteiger partial charge >= 0.3 is 0 Å². The second-order valence-corrected chi connectivity index (χ2v) is 4.71. The fourth-order valence-corrected chi connectivity index (χ4v) is 2.09. The van der Waals surface area contributed by atoms with Gasteiger partial charge in [-0.1, -0.05) is 25.1 Å². The summed E-state index contributed by atoms with van der Waals surface area (Å²) in [6.07, 6.45) is 0.611. The molecule has 1 aromatic heterocycles. The van der Waals surface area contributed by atoms with Gasteiger partial charge in [0, 0.05) is 31.0 Å². The third-order valence-corrected chi connectivity index (χ3v) is 3.25. The zero-order chi connectivity index (χ0) is 15.1.